The Morgan fingerprint density at radius 2 is 2.05 bits per heavy atom. The standard InChI is InChI=1S/C13H15F3N2O2/c14-13(15,16)20-11-5-3-9(4-6-11)12(19)18-8-10-2-1-7-17-10/h3-6,10,17H,1-2,7-8H2,(H,18,19). The molecule has 1 aromatic carbocycles. The number of hydrogen-bond acceptors (Lipinski definition) is 3. The molecule has 0 aliphatic carbocycles. The van der Waals surface area contributed by atoms with Gasteiger partial charge in [0.1, 0.15) is 5.75 Å². The number of benzene rings is 1. The average molecular weight is 288 g/mol. The Labute approximate surface area is 114 Å². The molecular weight excluding hydrogens is 273 g/mol. The number of halogens is 3. The smallest absolute Gasteiger partial charge is 0.406 e. The summed E-state index contributed by atoms with van der Waals surface area (Å²) < 4.78 is 39.7. The predicted molar refractivity (Wildman–Crippen MR) is 66.5 cm³/mol. The van der Waals surface area contributed by atoms with Gasteiger partial charge in [0, 0.05) is 18.2 Å². The van der Waals surface area contributed by atoms with Crippen molar-refractivity contribution < 1.29 is 22.7 Å². The van der Waals surface area contributed by atoms with E-state index in [0.717, 1.165) is 31.5 Å². The second kappa shape index (κ2) is 6.13. The molecule has 1 aromatic rings. The van der Waals surface area contributed by atoms with Gasteiger partial charge in [0.05, 0.1) is 0 Å². The first kappa shape index (κ1) is 14.6. The van der Waals surface area contributed by atoms with E-state index < -0.39 is 6.36 Å². The fourth-order valence-corrected chi connectivity index (χ4v) is 2.06. The first-order valence-electron chi connectivity index (χ1n) is 6.31. The van der Waals surface area contributed by atoms with Gasteiger partial charge in [-0.3, -0.25) is 4.79 Å². The van der Waals surface area contributed by atoms with Crippen LogP contribution in [0.3, 0.4) is 0 Å². The molecule has 1 aliphatic heterocycles. The highest BCUT2D eigenvalue weighted by atomic mass is 19.4. The molecule has 7 heteroatoms. The van der Waals surface area contributed by atoms with Crippen LogP contribution in [0.2, 0.25) is 0 Å². The van der Waals surface area contributed by atoms with Gasteiger partial charge in [-0.25, -0.2) is 0 Å². The molecule has 2 N–H and O–H groups in total. The van der Waals surface area contributed by atoms with Crippen molar-refractivity contribution in [2.24, 2.45) is 0 Å². The van der Waals surface area contributed by atoms with Gasteiger partial charge in [-0.1, -0.05) is 0 Å². The predicted octanol–water partition coefficient (Wildman–Crippen LogP) is 2.07. The van der Waals surface area contributed by atoms with Gasteiger partial charge in [0.2, 0.25) is 0 Å². The maximum atomic E-state index is 12.0. The molecule has 1 saturated heterocycles. The van der Waals surface area contributed by atoms with E-state index in [1.807, 2.05) is 0 Å². The molecule has 0 bridgehead atoms. The van der Waals surface area contributed by atoms with Crippen LogP contribution in [0.1, 0.15) is 23.2 Å². The molecule has 1 amide bonds. The zero-order chi connectivity index (χ0) is 14.6. The molecule has 110 valence electrons. The van der Waals surface area contributed by atoms with E-state index in [1.54, 1.807) is 0 Å². The lowest BCUT2D eigenvalue weighted by Crippen LogP contribution is -2.37. The van der Waals surface area contributed by atoms with Crippen LogP contribution < -0.4 is 15.4 Å². The van der Waals surface area contributed by atoms with E-state index in [1.165, 1.54) is 12.1 Å². The second-order valence-corrected chi connectivity index (χ2v) is 4.58. The number of rotatable bonds is 4. The summed E-state index contributed by atoms with van der Waals surface area (Å²) in [6, 6.07) is 5.12. The van der Waals surface area contributed by atoms with Crippen molar-refractivity contribution in [3.05, 3.63) is 29.8 Å². The minimum absolute atomic E-state index is 0.270. The molecule has 1 fully saturated rings. The summed E-state index contributed by atoms with van der Waals surface area (Å²) in [5, 5.41) is 5.98. The maximum Gasteiger partial charge on any atom is 0.573 e. The normalized spacial score (nSPS) is 18.9. The van der Waals surface area contributed by atoms with E-state index in [9.17, 15) is 18.0 Å². The number of carbonyl (C=O) groups is 1. The molecule has 1 unspecified atom stereocenters. The van der Waals surface area contributed by atoms with Crippen molar-refractivity contribution in [2.45, 2.75) is 25.2 Å². The van der Waals surface area contributed by atoms with E-state index in [-0.39, 0.29) is 17.7 Å². The van der Waals surface area contributed by atoms with Crippen LogP contribution >= 0.6 is 0 Å². The van der Waals surface area contributed by atoms with Crippen molar-refractivity contribution in [2.75, 3.05) is 13.1 Å². The zero-order valence-corrected chi connectivity index (χ0v) is 10.7. The number of nitrogens with one attached hydrogen (secondary N) is 2. The Kier molecular flexibility index (Phi) is 4.49. The van der Waals surface area contributed by atoms with Crippen molar-refractivity contribution >= 4 is 5.91 Å². The highest BCUT2D eigenvalue weighted by Crippen LogP contribution is 2.22. The monoisotopic (exact) mass is 288 g/mol. The number of carbonyl (C=O) groups excluding carboxylic acids is 1. The van der Waals surface area contributed by atoms with Crippen LogP contribution in [0.4, 0.5) is 13.2 Å². The summed E-state index contributed by atoms with van der Waals surface area (Å²) in [7, 11) is 0. The summed E-state index contributed by atoms with van der Waals surface area (Å²) in [5.74, 6) is -0.649. The lowest BCUT2D eigenvalue weighted by molar-refractivity contribution is -0.274. The summed E-state index contributed by atoms with van der Waals surface area (Å²) in [4.78, 5) is 11.8. The van der Waals surface area contributed by atoms with E-state index in [0.29, 0.717) is 12.1 Å². The fraction of sp³-hybridized carbons (Fsp3) is 0.462. The minimum atomic E-state index is -4.72. The lowest BCUT2D eigenvalue weighted by atomic mass is 10.2. The molecule has 1 heterocycles. The van der Waals surface area contributed by atoms with Crippen LogP contribution in [-0.4, -0.2) is 31.4 Å². The Morgan fingerprint density at radius 3 is 2.60 bits per heavy atom. The van der Waals surface area contributed by atoms with Crippen LogP contribution in [0.5, 0.6) is 5.75 Å². The summed E-state index contributed by atoms with van der Waals surface area (Å²) in [6.07, 6.45) is -2.62. The number of ether oxygens (including phenoxy) is 1. The highest BCUT2D eigenvalue weighted by molar-refractivity contribution is 5.94. The van der Waals surface area contributed by atoms with Crippen molar-refractivity contribution in [1.29, 1.82) is 0 Å². The van der Waals surface area contributed by atoms with E-state index in [2.05, 4.69) is 15.4 Å². The van der Waals surface area contributed by atoms with Crippen LogP contribution in [0.25, 0.3) is 0 Å². The summed E-state index contributed by atoms with van der Waals surface area (Å²) in [5.41, 5.74) is 0.303. The molecule has 0 saturated carbocycles. The van der Waals surface area contributed by atoms with Gasteiger partial charge in [0.25, 0.3) is 5.91 Å². The third-order valence-corrected chi connectivity index (χ3v) is 3.02. The van der Waals surface area contributed by atoms with E-state index >= 15 is 0 Å². The molecule has 1 aliphatic rings. The first-order chi connectivity index (χ1) is 9.44. The largest absolute Gasteiger partial charge is 0.573 e. The van der Waals surface area contributed by atoms with Gasteiger partial charge in [0.15, 0.2) is 0 Å². The quantitative estimate of drug-likeness (QED) is 0.891. The first-order valence-corrected chi connectivity index (χ1v) is 6.31. The van der Waals surface area contributed by atoms with Gasteiger partial charge in [-0.05, 0) is 43.7 Å². The molecule has 2 rings (SSSR count). The number of amides is 1. The maximum absolute atomic E-state index is 12.0. The average Bonchev–Trinajstić information content (AvgIpc) is 2.88. The Morgan fingerprint density at radius 1 is 1.35 bits per heavy atom. The van der Waals surface area contributed by atoms with Gasteiger partial charge in [-0.15, -0.1) is 13.2 Å². The van der Waals surface area contributed by atoms with Gasteiger partial charge in [-0.2, -0.15) is 0 Å². The highest BCUT2D eigenvalue weighted by Gasteiger charge is 2.31. The second-order valence-electron chi connectivity index (χ2n) is 4.58. The molecule has 0 spiro atoms. The van der Waals surface area contributed by atoms with Gasteiger partial charge < -0.3 is 15.4 Å². The Balaban J connectivity index is 1.86. The molecule has 20 heavy (non-hydrogen) atoms. The molecule has 0 aromatic heterocycles. The SMILES string of the molecule is O=C(NCC1CCCN1)c1ccc(OC(F)(F)F)cc1. The van der Waals surface area contributed by atoms with Gasteiger partial charge >= 0.3 is 6.36 Å². The van der Waals surface area contributed by atoms with Crippen LogP contribution in [-0.2, 0) is 0 Å². The van der Waals surface area contributed by atoms with Crippen molar-refractivity contribution in [3.8, 4) is 5.75 Å². The third kappa shape index (κ3) is 4.41. The number of hydrogen-bond donors (Lipinski definition) is 2. The lowest BCUT2D eigenvalue weighted by Gasteiger charge is -2.12. The summed E-state index contributed by atoms with van der Waals surface area (Å²) in [6.45, 7) is 1.46. The fourth-order valence-electron chi connectivity index (χ4n) is 2.06. The minimum Gasteiger partial charge on any atom is -0.406 e. The van der Waals surface area contributed by atoms with Crippen molar-refractivity contribution in [1.82, 2.24) is 10.6 Å². The molecular formula is C13H15F3N2O2. The van der Waals surface area contributed by atoms with E-state index in [4.69, 9.17) is 0 Å². The van der Waals surface area contributed by atoms with Crippen molar-refractivity contribution in [3.63, 3.8) is 0 Å². The Bertz CT molecular complexity index is 454. The zero-order valence-electron chi connectivity index (χ0n) is 10.7. The summed E-state index contributed by atoms with van der Waals surface area (Å²) >= 11 is 0. The van der Waals surface area contributed by atoms with Crippen LogP contribution in [0.15, 0.2) is 24.3 Å². The topological polar surface area (TPSA) is 50.4 Å². The number of alkyl halides is 3. The molecule has 1 atom stereocenters. The molecule has 0 radical (unpaired) electrons. The molecule has 4 nitrogen and oxygen atoms in total. The van der Waals surface area contributed by atoms with Crippen LogP contribution in [0, 0.1) is 0 Å². The third-order valence-electron chi connectivity index (χ3n) is 3.02. The Hall–Kier alpha value is -1.76.